The van der Waals surface area contributed by atoms with Gasteiger partial charge >= 0.3 is 11.7 Å². The fourth-order valence-corrected chi connectivity index (χ4v) is 1.99. The molecule has 0 aliphatic rings. The summed E-state index contributed by atoms with van der Waals surface area (Å²) < 4.78 is 18.5. The zero-order valence-electron chi connectivity index (χ0n) is 10.8. The number of esters is 1. The minimum atomic E-state index is -2.24. The number of nitrogens with two attached hydrogens (primary N) is 1. The minimum absolute atomic E-state index is 0. The third-order valence-electron chi connectivity index (χ3n) is 2.47. The summed E-state index contributed by atoms with van der Waals surface area (Å²) in [5.74, 6) is -1.97. The van der Waals surface area contributed by atoms with Gasteiger partial charge in [-0.3, -0.25) is 10.1 Å². The van der Waals surface area contributed by atoms with Crippen LogP contribution in [0.2, 0.25) is 0 Å². The van der Waals surface area contributed by atoms with Gasteiger partial charge in [-0.1, -0.05) is 15.9 Å². The van der Waals surface area contributed by atoms with Crippen LogP contribution in [0.4, 0.5) is 10.1 Å². The quantitative estimate of drug-likeness (QED) is 0.455. The van der Waals surface area contributed by atoms with E-state index in [1.165, 1.54) is 13.0 Å². The second kappa shape index (κ2) is 8.11. The lowest BCUT2D eigenvalue weighted by Gasteiger charge is -2.17. The number of benzene rings is 1. The second-order valence-corrected chi connectivity index (χ2v) is 4.72. The number of aromatic hydroxyl groups is 1. The van der Waals surface area contributed by atoms with Gasteiger partial charge in [0.1, 0.15) is 0 Å². The maximum absolute atomic E-state index is 13.8. The number of phenolic OH excluding ortho intramolecular Hbond substituents is 1. The lowest BCUT2D eigenvalue weighted by atomic mass is 10.0. The van der Waals surface area contributed by atoms with E-state index in [9.17, 15) is 24.4 Å². The summed E-state index contributed by atoms with van der Waals surface area (Å²) in [6.45, 7) is 1.47. The molecule has 0 aromatic heterocycles. The van der Waals surface area contributed by atoms with Crippen molar-refractivity contribution >= 4 is 40.0 Å². The maximum Gasteiger partial charge on any atom is 0.342 e. The van der Waals surface area contributed by atoms with E-state index in [1.54, 1.807) is 0 Å². The highest BCUT2D eigenvalue weighted by Crippen LogP contribution is 2.37. The highest BCUT2D eigenvalue weighted by Gasteiger charge is 2.32. The Balaban J connectivity index is 0.00000400. The summed E-state index contributed by atoms with van der Waals surface area (Å²) >= 11 is 2.99. The number of nitrogens with zero attached hydrogens (tertiary/aromatic N) is 1. The van der Waals surface area contributed by atoms with Crippen LogP contribution in [0.5, 0.6) is 5.75 Å². The van der Waals surface area contributed by atoms with Gasteiger partial charge in [0.05, 0.1) is 17.6 Å². The Morgan fingerprint density at radius 2 is 2.19 bits per heavy atom. The van der Waals surface area contributed by atoms with Gasteiger partial charge in [0.2, 0.25) is 6.17 Å². The molecule has 0 aliphatic heterocycles. The molecule has 2 atom stereocenters. The lowest BCUT2D eigenvalue weighted by Crippen LogP contribution is -2.31. The molecule has 0 saturated carbocycles. The Hall–Kier alpha value is -1.45. The summed E-state index contributed by atoms with van der Waals surface area (Å²) in [6.07, 6.45) is -2.24. The van der Waals surface area contributed by atoms with Crippen LogP contribution in [0.3, 0.4) is 0 Å². The van der Waals surface area contributed by atoms with Gasteiger partial charge in [-0.05, 0) is 13.0 Å². The maximum atomic E-state index is 13.8. The number of rotatable bonds is 5. The molecule has 0 aliphatic carbocycles. The van der Waals surface area contributed by atoms with Crippen molar-refractivity contribution < 1.29 is 24.0 Å². The number of hydrogen-bond donors (Lipinski definition) is 2. The van der Waals surface area contributed by atoms with Crippen LogP contribution in [0.1, 0.15) is 18.5 Å². The molecule has 10 heteroatoms. The van der Waals surface area contributed by atoms with Gasteiger partial charge < -0.3 is 15.6 Å². The second-order valence-electron chi connectivity index (χ2n) is 3.80. The molecular formula is C11H13BrClFN2O5. The molecule has 118 valence electrons. The van der Waals surface area contributed by atoms with E-state index in [0.29, 0.717) is 0 Å². The van der Waals surface area contributed by atoms with E-state index in [0.717, 1.165) is 6.07 Å². The Kier molecular flexibility index (Phi) is 7.55. The smallest absolute Gasteiger partial charge is 0.342 e. The third kappa shape index (κ3) is 4.51. The topological polar surface area (TPSA) is 116 Å². The summed E-state index contributed by atoms with van der Waals surface area (Å²) in [7, 11) is 0. The molecule has 0 amide bonds. The molecule has 0 saturated heterocycles. The van der Waals surface area contributed by atoms with Gasteiger partial charge in [0.15, 0.2) is 5.75 Å². The van der Waals surface area contributed by atoms with E-state index in [4.69, 9.17) is 5.73 Å². The molecule has 3 N–H and O–H groups in total. The Bertz CT molecular complexity index is 546. The van der Waals surface area contributed by atoms with Crippen LogP contribution in [-0.2, 0) is 9.53 Å². The Morgan fingerprint density at radius 1 is 1.62 bits per heavy atom. The van der Waals surface area contributed by atoms with E-state index in [2.05, 4.69) is 20.7 Å². The first kappa shape index (κ1) is 19.6. The Morgan fingerprint density at radius 3 is 2.67 bits per heavy atom. The fourth-order valence-electron chi connectivity index (χ4n) is 1.52. The fraction of sp³-hybridized carbons (Fsp3) is 0.364. The zero-order chi connectivity index (χ0) is 15.4. The molecule has 0 radical (unpaired) electrons. The van der Waals surface area contributed by atoms with Gasteiger partial charge in [-0.15, -0.1) is 12.4 Å². The lowest BCUT2D eigenvalue weighted by molar-refractivity contribution is -0.386. The molecule has 0 spiro atoms. The first-order valence-electron chi connectivity index (χ1n) is 5.52. The van der Waals surface area contributed by atoms with Crippen molar-refractivity contribution in [3.05, 3.63) is 32.3 Å². The summed E-state index contributed by atoms with van der Waals surface area (Å²) in [6, 6.07) is 0.673. The average Bonchev–Trinajstić information content (AvgIpc) is 2.39. The van der Waals surface area contributed by atoms with Crippen molar-refractivity contribution in [1.82, 2.24) is 0 Å². The number of nitro benzene ring substituents is 1. The number of nitro groups is 1. The standard InChI is InChI=1S/C11H12BrFN2O5.ClH/c1-2-20-11(17)8(13)9(14)6-3-5(12)4-7(10(6)16)15(18)19;/h3-4,8-9,16H,2,14H2,1H3;1H/t8?,9-;/m1./s1. The average molecular weight is 388 g/mol. The van der Waals surface area contributed by atoms with E-state index in [1.807, 2.05) is 0 Å². The van der Waals surface area contributed by atoms with Crippen molar-refractivity contribution in [3.63, 3.8) is 0 Å². The van der Waals surface area contributed by atoms with Crippen LogP contribution in [-0.4, -0.2) is 28.8 Å². The van der Waals surface area contributed by atoms with Gasteiger partial charge in [-0.25, -0.2) is 9.18 Å². The van der Waals surface area contributed by atoms with E-state index in [-0.39, 0.29) is 29.1 Å². The van der Waals surface area contributed by atoms with E-state index >= 15 is 0 Å². The highest BCUT2D eigenvalue weighted by atomic mass is 79.9. The predicted octanol–water partition coefficient (Wildman–Crippen LogP) is 2.39. The zero-order valence-corrected chi connectivity index (χ0v) is 13.2. The third-order valence-corrected chi connectivity index (χ3v) is 2.92. The predicted molar refractivity (Wildman–Crippen MR) is 78.2 cm³/mol. The molecule has 0 heterocycles. The van der Waals surface area contributed by atoms with Gasteiger partial charge in [0, 0.05) is 16.1 Å². The molecule has 21 heavy (non-hydrogen) atoms. The molecule has 1 unspecified atom stereocenters. The molecule has 0 fully saturated rings. The highest BCUT2D eigenvalue weighted by molar-refractivity contribution is 9.10. The summed E-state index contributed by atoms with van der Waals surface area (Å²) in [5, 5.41) is 20.5. The van der Waals surface area contributed by atoms with Crippen molar-refractivity contribution in [1.29, 1.82) is 0 Å². The number of carbonyl (C=O) groups excluding carboxylic acids is 1. The molecule has 0 bridgehead atoms. The number of halogens is 3. The van der Waals surface area contributed by atoms with Crippen LogP contribution < -0.4 is 5.73 Å². The number of hydrogen-bond acceptors (Lipinski definition) is 6. The van der Waals surface area contributed by atoms with Crippen molar-refractivity contribution in [2.24, 2.45) is 5.73 Å². The number of carbonyl (C=O) groups is 1. The van der Waals surface area contributed by atoms with Gasteiger partial charge in [-0.2, -0.15) is 0 Å². The van der Waals surface area contributed by atoms with Crippen molar-refractivity contribution in [2.75, 3.05) is 6.61 Å². The molecule has 1 rings (SSSR count). The number of phenols is 1. The van der Waals surface area contributed by atoms with Crippen LogP contribution in [0.25, 0.3) is 0 Å². The largest absolute Gasteiger partial charge is 0.502 e. The monoisotopic (exact) mass is 386 g/mol. The minimum Gasteiger partial charge on any atom is -0.502 e. The molecular weight excluding hydrogens is 374 g/mol. The summed E-state index contributed by atoms with van der Waals surface area (Å²) in [5.41, 5.74) is 4.63. The number of ether oxygens (including phenoxy) is 1. The van der Waals surface area contributed by atoms with E-state index < -0.39 is 34.5 Å². The molecule has 1 aromatic carbocycles. The van der Waals surface area contributed by atoms with Crippen LogP contribution in [0, 0.1) is 10.1 Å². The molecule has 1 aromatic rings. The first-order valence-corrected chi connectivity index (χ1v) is 6.32. The SMILES string of the molecule is CCOC(=O)C(F)[C@H](N)c1cc(Br)cc([N+](=O)[O-])c1O.Cl. The number of alkyl halides is 1. The first-order chi connectivity index (χ1) is 9.29. The Labute approximate surface area is 134 Å². The van der Waals surface area contributed by atoms with Crippen molar-refractivity contribution in [2.45, 2.75) is 19.1 Å². The van der Waals surface area contributed by atoms with Gasteiger partial charge in [0.25, 0.3) is 0 Å². The van der Waals surface area contributed by atoms with Crippen LogP contribution >= 0.6 is 28.3 Å². The van der Waals surface area contributed by atoms with Crippen LogP contribution in [0.15, 0.2) is 16.6 Å². The van der Waals surface area contributed by atoms with Crippen molar-refractivity contribution in [3.8, 4) is 5.75 Å². The normalized spacial score (nSPS) is 13.0. The summed E-state index contributed by atoms with van der Waals surface area (Å²) in [4.78, 5) is 21.2. The molecule has 7 nitrogen and oxygen atoms in total.